The Hall–Kier alpha value is -2.49. The van der Waals surface area contributed by atoms with Crippen LogP contribution in [0.3, 0.4) is 0 Å². The van der Waals surface area contributed by atoms with Crippen molar-refractivity contribution in [2.24, 2.45) is 0 Å². The number of rotatable bonds is 6. The van der Waals surface area contributed by atoms with Crippen molar-refractivity contribution in [3.8, 4) is 11.5 Å². The van der Waals surface area contributed by atoms with Gasteiger partial charge < -0.3 is 14.0 Å². The second-order valence-electron chi connectivity index (χ2n) is 5.18. The number of fused-ring (bicyclic) bond motifs is 1. The van der Waals surface area contributed by atoms with Crippen LogP contribution in [-0.4, -0.2) is 23.3 Å². The summed E-state index contributed by atoms with van der Waals surface area (Å²) in [6.45, 7) is 3.61. The third-order valence-electron chi connectivity index (χ3n) is 3.68. The van der Waals surface area contributed by atoms with Gasteiger partial charge in [-0.05, 0) is 37.6 Å². The van der Waals surface area contributed by atoms with E-state index in [-0.39, 0.29) is 0 Å². The first-order valence-corrected chi connectivity index (χ1v) is 7.46. The molecule has 0 saturated heterocycles. The molecule has 1 aromatic heterocycles. The zero-order valence-electron chi connectivity index (χ0n) is 13.0. The normalized spacial score (nSPS) is 10.8. The molecule has 3 aromatic rings. The summed E-state index contributed by atoms with van der Waals surface area (Å²) < 4.78 is 13.2. The van der Waals surface area contributed by atoms with Crippen LogP contribution >= 0.6 is 0 Å². The quantitative estimate of drug-likeness (QED) is 0.649. The van der Waals surface area contributed by atoms with Crippen LogP contribution in [0.5, 0.6) is 11.5 Å². The molecule has 0 aliphatic carbocycles. The van der Waals surface area contributed by atoms with Crippen molar-refractivity contribution in [1.82, 2.24) is 9.55 Å². The zero-order chi connectivity index (χ0) is 15.4. The average molecular weight is 296 g/mol. The van der Waals surface area contributed by atoms with E-state index < -0.39 is 0 Å². The van der Waals surface area contributed by atoms with Crippen LogP contribution in [0.4, 0.5) is 0 Å². The van der Waals surface area contributed by atoms with Crippen molar-refractivity contribution in [2.75, 3.05) is 13.7 Å². The molecular weight excluding hydrogens is 276 g/mol. The van der Waals surface area contributed by atoms with Crippen molar-refractivity contribution in [3.63, 3.8) is 0 Å². The number of ether oxygens (including phenoxy) is 2. The van der Waals surface area contributed by atoms with Gasteiger partial charge in [-0.25, -0.2) is 4.98 Å². The van der Waals surface area contributed by atoms with Crippen LogP contribution in [0, 0.1) is 6.92 Å². The molecule has 0 aliphatic rings. The number of imidazole rings is 1. The van der Waals surface area contributed by atoms with E-state index in [4.69, 9.17) is 9.47 Å². The summed E-state index contributed by atoms with van der Waals surface area (Å²) in [5.74, 6) is 2.70. The lowest BCUT2D eigenvalue weighted by Crippen LogP contribution is -2.06. The van der Waals surface area contributed by atoms with Gasteiger partial charge in [-0.2, -0.15) is 0 Å². The predicted octanol–water partition coefficient (Wildman–Crippen LogP) is 3.82. The molecule has 114 valence electrons. The molecule has 0 fully saturated rings. The van der Waals surface area contributed by atoms with Gasteiger partial charge in [-0.15, -0.1) is 0 Å². The van der Waals surface area contributed by atoms with E-state index in [1.807, 2.05) is 49.4 Å². The summed E-state index contributed by atoms with van der Waals surface area (Å²) in [6, 6.07) is 15.9. The largest absolute Gasteiger partial charge is 0.497 e. The second kappa shape index (κ2) is 6.52. The van der Waals surface area contributed by atoms with Crippen molar-refractivity contribution in [2.45, 2.75) is 19.9 Å². The minimum absolute atomic E-state index is 0.666. The van der Waals surface area contributed by atoms with Gasteiger partial charge in [0.1, 0.15) is 17.3 Å². The molecular formula is C18H20N2O2. The lowest BCUT2D eigenvalue weighted by atomic mass is 10.3. The highest BCUT2D eigenvalue weighted by atomic mass is 16.5. The van der Waals surface area contributed by atoms with Crippen LogP contribution in [0.25, 0.3) is 11.0 Å². The van der Waals surface area contributed by atoms with Gasteiger partial charge in [0, 0.05) is 12.6 Å². The van der Waals surface area contributed by atoms with Crippen LogP contribution in [0.1, 0.15) is 12.2 Å². The fourth-order valence-corrected chi connectivity index (χ4v) is 2.58. The average Bonchev–Trinajstić information content (AvgIpc) is 2.87. The molecule has 0 atom stereocenters. The Bertz CT molecular complexity index is 765. The van der Waals surface area contributed by atoms with Crippen molar-refractivity contribution < 1.29 is 9.47 Å². The van der Waals surface area contributed by atoms with E-state index in [2.05, 4.69) is 15.6 Å². The zero-order valence-corrected chi connectivity index (χ0v) is 13.0. The number of para-hydroxylation sites is 2. The highest BCUT2D eigenvalue weighted by Gasteiger charge is 2.06. The smallest absolute Gasteiger partial charge is 0.122 e. The molecule has 1 heterocycles. The van der Waals surface area contributed by atoms with Gasteiger partial charge in [0.25, 0.3) is 0 Å². The number of hydrogen-bond acceptors (Lipinski definition) is 3. The molecule has 0 saturated carbocycles. The second-order valence-corrected chi connectivity index (χ2v) is 5.18. The van der Waals surface area contributed by atoms with Crippen LogP contribution in [0.15, 0.2) is 48.5 Å². The van der Waals surface area contributed by atoms with E-state index in [1.165, 1.54) is 5.52 Å². The Morgan fingerprint density at radius 2 is 1.86 bits per heavy atom. The van der Waals surface area contributed by atoms with Gasteiger partial charge >= 0.3 is 0 Å². The Morgan fingerprint density at radius 1 is 1.05 bits per heavy atom. The van der Waals surface area contributed by atoms with Gasteiger partial charge in [0.15, 0.2) is 0 Å². The summed E-state index contributed by atoms with van der Waals surface area (Å²) in [7, 11) is 1.66. The number of nitrogens with zero attached hydrogens (tertiary/aromatic N) is 2. The number of methoxy groups -OCH3 is 1. The lowest BCUT2D eigenvalue weighted by Gasteiger charge is -2.09. The van der Waals surface area contributed by atoms with Crippen LogP contribution in [0.2, 0.25) is 0 Å². The SMILES string of the molecule is COc1cccc(OCCCn2c(C)nc3ccccc32)c1. The highest BCUT2D eigenvalue weighted by molar-refractivity contribution is 5.75. The van der Waals surface area contributed by atoms with Gasteiger partial charge in [0.05, 0.1) is 24.8 Å². The molecule has 0 radical (unpaired) electrons. The number of benzene rings is 2. The topological polar surface area (TPSA) is 36.3 Å². The summed E-state index contributed by atoms with van der Waals surface area (Å²) >= 11 is 0. The molecule has 0 aliphatic heterocycles. The number of hydrogen-bond donors (Lipinski definition) is 0. The molecule has 0 bridgehead atoms. The fraction of sp³-hybridized carbons (Fsp3) is 0.278. The molecule has 22 heavy (non-hydrogen) atoms. The Labute approximate surface area is 130 Å². The number of aryl methyl sites for hydroxylation is 2. The van der Waals surface area contributed by atoms with Gasteiger partial charge in [-0.1, -0.05) is 18.2 Å². The van der Waals surface area contributed by atoms with E-state index in [0.29, 0.717) is 6.61 Å². The molecule has 3 rings (SSSR count). The number of aromatic nitrogens is 2. The Balaban J connectivity index is 1.59. The first-order chi connectivity index (χ1) is 10.8. The van der Waals surface area contributed by atoms with Crippen molar-refractivity contribution in [1.29, 1.82) is 0 Å². The van der Waals surface area contributed by atoms with Crippen molar-refractivity contribution in [3.05, 3.63) is 54.4 Å². The molecule has 0 N–H and O–H groups in total. The van der Waals surface area contributed by atoms with Crippen LogP contribution < -0.4 is 9.47 Å². The minimum Gasteiger partial charge on any atom is -0.497 e. The molecule has 4 heteroatoms. The fourth-order valence-electron chi connectivity index (χ4n) is 2.58. The summed E-state index contributed by atoms with van der Waals surface area (Å²) in [5, 5.41) is 0. The summed E-state index contributed by atoms with van der Waals surface area (Å²) in [4.78, 5) is 4.58. The molecule has 0 unspecified atom stereocenters. The minimum atomic E-state index is 0.666. The van der Waals surface area contributed by atoms with Gasteiger partial charge in [-0.3, -0.25) is 0 Å². The van der Waals surface area contributed by atoms with E-state index in [0.717, 1.165) is 35.8 Å². The maximum atomic E-state index is 5.78. The standard InChI is InChI=1S/C18H20N2O2/c1-14-19-17-9-3-4-10-18(17)20(14)11-6-12-22-16-8-5-7-15(13-16)21-2/h3-5,7-10,13H,6,11-12H2,1-2H3. The predicted molar refractivity (Wildman–Crippen MR) is 87.6 cm³/mol. The Kier molecular flexibility index (Phi) is 4.28. The molecule has 0 spiro atoms. The third kappa shape index (κ3) is 3.06. The lowest BCUT2D eigenvalue weighted by molar-refractivity contribution is 0.300. The first-order valence-electron chi connectivity index (χ1n) is 7.46. The van der Waals surface area contributed by atoms with E-state index >= 15 is 0 Å². The van der Waals surface area contributed by atoms with E-state index in [1.54, 1.807) is 7.11 Å². The third-order valence-corrected chi connectivity index (χ3v) is 3.68. The maximum Gasteiger partial charge on any atom is 0.122 e. The monoisotopic (exact) mass is 296 g/mol. The molecule has 4 nitrogen and oxygen atoms in total. The summed E-state index contributed by atoms with van der Waals surface area (Å²) in [5.41, 5.74) is 2.23. The van der Waals surface area contributed by atoms with Crippen molar-refractivity contribution >= 4 is 11.0 Å². The highest BCUT2D eigenvalue weighted by Crippen LogP contribution is 2.19. The Morgan fingerprint density at radius 3 is 2.73 bits per heavy atom. The molecule has 2 aromatic carbocycles. The van der Waals surface area contributed by atoms with E-state index in [9.17, 15) is 0 Å². The summed E-state index contributed by atoms with van der Waals surface area (Å²) in [6.07, 6.45) is 0.929. The first kappa shape index (κ1) is 14.4. The molecule has 0 amide bonds. The maximum absolute atomic E-state index is 5.78. The van der Waals surface area contributed by atoms with Crippen LogP contribution in [-0.2, 0) is 6.54 Å². The van der Waals surface area contributed by atoms with Gasteiger partial charge in [0.2, 0.25) is 0 Å².